The number of methoxy groups -OCH3 is 2. The second-order valence-corrected chi connectivity index (χ2v) is 5.99. The first-order valence-corrected chi connectivity index (χ1v) is 8.39. The van der Waals surface area contributed by atoms with Gasteiger partial charge in [-0.25, -0.2) is 5.43 Å². The summed E-state index contributed by atoms with van der Waals surface area (Å²) in [5.74, 6) is 0.157. The predicted molar refractivity (Wildman–Crippen MR) is 106 cm³/mol. The molecular formula is C19H22N4O5. The van der Waals surface area contributed by atoms with Crippen LogP contribution >= 0.6 is 0 Å². The van der Waals surface area contributed by atoms with Crippen molar-refractivity contribution >= 4 is 23.5 Å². The van der Waals surface area contributed by atoms with E-state index in [1.54, 1.807) is 0 Å². The molecule has 2 aromatic carbocycles. The zero-order valence-corrected chi connectivity index (χ0v) is 16.1. The minimum atomic E-state index is -0.563. The summed E-state index contributed by atoms with van der Waals surface area (Å²) < 4.78 is 10.2. The number of nitrogens with one attached hydrogen (secondary N) is 2. The van der Waals surface area contributed by atoms with E-state index < -0.39 is 4.92 Å². The molecule has 0 aromatic heterocycles. The van der Waals surface area contributed by atoms with E-state index in [-0.39, 0.29) is 29.5 Å². The van der Waals surface area contributed by atoms with Crippen LogP contribution in [0, 0.1) is 24.0 Å². The number of hydrogen-bond donors (Lipinski definition) is 2. The smallest absolute Gasteiger partial charge is 0.282 e. The molecule has 0 spiro atoms. The summed E-state index contributed by atoms with van der Waals surface area (Å²) in [5.41, 5.74) is 5.30. The third kappa shape index (κ3) is 5.19. The fraction of sp³-hybridized carbons (Fsp3) is 0.263. The normalized spacial score (nSPS) is 10.6. The highest BCUT2D eigenvalue weighted by molar-refractivity contribution is 5.88. The van der Waals surface area contributed by atoms with E-state index >= 15 is 0 Å². The van der Waals surface area contributed by atoms with Crippen molar-refractivity contribution in [1.82, 2.24) is 5.43 Å². The third-order valence-corrected chi connectivity index (χ3v) is 3.94. The van der Waals surface area contributed by atoms with Crippen LogP contribution < -0.4 is 20.2 Å². The molecule has 0 saturated heterocycles. The highest BCUT2D eigenvalue weighted by atomic mass is 16.6. The maximum absolute atomic E-state index is 12.0. The first kappa shape index (κ1) is 20.7. The molecule has 2 N–H and O–H groups in total. The van der Waals surface area contributed by atoms with Gasteiger partial charge in [0.2, 0.25) is 0 Å². The van der Waals surface area contributed by atoms with Gasteiger partial charge >= 0.3 is 0 Å². The molecule has 0 bridgehead atoms. The van der Waals surface area contributed by atoms with Gasteiger partial charge in [-0.2, -0.15) is 5.10 Å². The Labute approximate surface area is 162 Å². The number of carbonyl (C=O) groups is 1. The quantitative estimate of drug-likeness (QED) is 0.409. The molecule has 0 atom stereocenters. The summed E-state index contributed by atoms with van der Waals surface area (Å²) in [6, 6.07) is 8.51. The van der Waals surface area contributed by atoms with Gasteiger partial charge in [0.25, 0.3) is 11.6 Å². The Balaban J connectivity index is 2.05. The number of carbonyl (C=O) groups excluding carboxylic acids is 1. The van der Waals surface area contributed by atoms with Gasteiger partial charge < -0.3 is 14.8 Å². The minimum absolute atomic E-state index is 0.00919. The summed E-state index contributed by atoms with van der Waals surface area (Å²) in [7, 11) is 2.81. The number of hydrazone groups is 1. The van der Waals surface area contributed by atoms with Gasteiger partial charge in [-0.1, -0.05) is 17.7 Å². The fourth-order valence-corrected chi connectivity index (χ4v) is 2.55. The standard InChI is InChI=1S/C19H22N4O5/c1-12-5-6-15(13(2)7-12)20-11-19(24)22-21-10-14-8-17(27-3)18(28-4)9-16(14)23(25)26/h5-10,20H,11H2,1-4H3,(H,22,24)/b21-10+. The van der Waals surface area contributed by atoms with Gasteiger partial charge in [0.1, 0.15) is 0 Å². The zero-order chi connectivity index (χ0) is 20.7. The lowest BCUT2D eigenvalue weighted by Gasteiger charge is -2.09. The molecule has 0 aliphatic carbocycles. The van der Waals surface area contributed by atoms with Gasteiger partial charge in [0, 0.05) is 5.69 Å². The zero-order valence-electron chi connectivity index (χ0n) is 16.1. The molecule has 28 heavy (non-hydrogen) atoms. The maximum Gasteiger partial charge on any atom is 0.282 e. The van der Waals surface area contributed by atoms with Crippen LogP contribution in [0.25, 0.3) is 0 Å². The van der Waals surface area contributed by atoms with Crippen LogP contribution in [-0.2, 0) is 4.79 Å². The first-order valence-electron chi connectivity index (χ1n) is 8.39. The highest BCUT2D eigenvalue weighted by Gasteiger charge is 2.18. The van der Waals surface area contributed by atoms with Crippen molar-refractivity contribution < 1.29 is 19.2 Å². The summed E-state index contributed by atoms with van der Waals surface area (Å²) in [6.45, 7) is 3.95. The molecule has 0 heterocycles. The van der Waals surface area contributed by atoms with Gasteiger partial charge in [0.15, 0.2) is 11.5 Å². The fourth-order valence-electron chi connectivity index (χ4n) is 2.55. The topological polar surface area (TPSA) is 115 Å². The molecule has 148 valence electrons. The molecule has 2 rings (SSSR count). The summed E-state index contributed by atoms with van der Waals surface area (Å²) in [4.78, 5) is 22.7. The Morgan fingerprint density at radius 1 is 1.18 bits per heavy atom. The van der Waals surface area contributed by atoms with Crippen molar-refractivity contribution in [3.05, 3.63) is 57.1 Å². The van der Waals surface area contributed by atoms with E-state index in [0.29, 0.717) is 5.75 Å². The van der Waals surface area contributed by atoms with Gasteiger partial charge in [-0.3, -0.25) is 14.9 Å². The lowest BCUT2D eigenvalue weighted by Crippen LogP contribution is -2.26. The van der Waals surface area contributed by atoms with Crippen molar-refractivity contribution in [2.75, 3.05) is 26.1 Å². The molecular weight excluding hydrogens is 364 g/mol. The number of nitrogens with zero attached hydrogens (tertiary/aromatic N) is 2. The largest absolute Gasteiger partial charge is 0.493 e. The molecule has 9 nitrogen and oxygen atoms in total. The van der Waals surface area contributed by atoms with Crippen LogP contribution in [0.4, 0.5) is 11.4 Å². The molecule has 2 aromatic rings. The van der Waals surface area contributed by atoms with Crippen LogP contribution in [0.1, 0.15) is 16.7 Å². The monoisotopic (exact) mass is 386 g/mol. The van der Waals surface area contributed by atoms with Crippen molar-refractivity contribution in [1.29, 1.82) is 0 Å². The Morgan fingerprint density at radius 3 is 2.46 bits per heavy atom. The average molecular weight is 386 g/mol. The first-order chi connectivity index (χ1) is 13.3. The Bertz CT molecular complexity index is 911. The number of aryl methyl sites for hydroxylation is 2. The van der Waals surface area contributed by atoms with Crippen LogP contribution in [0.5, 0.6) is 11.5 Å². The number of hydrogen-bond acceptors (Lipinski definition) is 7. The Hall–Kier alpha value is -3.62. The van der Waals surface area contributed by atoms with E-state index in [0.717, 1.165) is 16.8 Å². The number of nitro benzene ring substituents is 1. The average Bonchev–Trinajstić information content (AvgIpc) is 2.66. The van der Waals surface area contributed by atoms with Crippen LogP contribution in [0.15, 0.2) is 35.4 Å². The van der Waals surface area contributed by atoms with E-state index in [1.165, 1.54) is 32.6 Å². The maximum atomic E-state index is 12.0. The second kappa shape index (κ2) is 9.36. The Kier molecular flexibility index (Phi) is 6.91. The molecule has 1 amide bonds. The molecule has 0 radical (unpaired) electrons. The molecule has 9 heteroatoms. The van der Waals surface area contributed by atoms with E-state index in [2.05, 4.69) is 15.8 Å². The molecule has 0 saturated carbocycles. The van der Waals surface area contributed by atoms with Crippen LogP contribution in [0.2, 0.25) is 0 Å². The Morgan fingerprint density at radius 2 is 1.86 bits per heavy atom. The lowest BCUT2D eigenvalue weighted by molar-refractivity contribution is -0.385. The SMILES string of the molecule is COc1cc(/C=N/NC(=O)CNc2ccc(C)cc2C)c([N+](=O)[O-])cc1OC. The number of benzene rings is 2. The minimum Gasteiger partial charge on any atom is -0.493 e. The number of amides is 1. The van der Waals surface area contributed by atoms with Crippen molar-refractivity contribution in [3.63, 3.8) is 0 Å². The number of anilines is 1. The number of nitro groups is 1. The summed E-state index contributed by atoms with van der Waals surface area (Å²) in [5, 5.41) is 18.1. The van der Waals surface area contributed by atoms with Crippen molar-refractivity contribution in [3.8, 4) is 11.5 Å². The van der Waals surface area contributed by atoms with Gasteiger partial charge in [-0.15, -0.1) is 0 Å². The van der Waals surface area contributed by atoms with Crippen LogP contribution in [-0.4, -0.2) is 37.8 Å². The van der Waals surface area contributed by atoms with Crippen molar-refractivity contribution in [2.45, 2.75) is 13.8 Å². The number of rotatable bonds is 8. The predicted octanol–water partition coefficient (Wildman–Crippen LogP) is 2.79. The summed E-state index contributed by atoms with van der Waals surface area (Å²) >= 11 is 0. The number of ether oxygens (including phenoxy) is 2. The van der Waals surface area contributed by atoms with Crippen LogP contribution in [0.3, 0.4) is 0 Å². The van der Waals surface area contributed by atoms with Gasteiger partial charge in [0.05, 0.1) is 43.5 Å². The highest BCUT2D eigenvalue weighted by Crippen LogP contribution is 2.33. The molecule has 0 unspecified atom stereocenters. The van der Waals surface area contributed by atoms with E-state index in [1.807, 2.05) is 32.0 Å². The van der Waals surface area contributed by atoms with E-state index in [4.69, 9.17) is 9.47 Å². The molecule has 0 aliphatic heterocycles. The second-order valence-electron chi connectivity index (χ2n) is 5.99. The van der Waals surface area contributed by atoms with Crippen molar-refractivity contribution in [2.24, 2.45) is 5.10 Å². The molecule has 0 fully saturated rings. The third-order valence-electron chi connectivity index (χ3n) is 3.94. The molecule has 0 aliphatic rings. The summed E-state index contributed by atoms with van der Waals surface area (Å²) in [6.07, 6.45) is 1.19. The van der Waals surface area contributed by atoms with Gasteiger partial charge in [-0.05, 0) is 31.5 Å². The van der Waals surface area contributed by atoms with E-state index in [9.17, 15) is 14.9 Å². The lowest BCUT2D eigenvalue weighted by atomic mass is 10.1.